The van der Waals surface area contributed by atoms with Crippen molar-refractivity contribution in [2.45, 2.75) is 117 Å². The molecule has 0 aliphatic carbocycles. The van der Waals surface area contributed by atoms with Gasteiger partial charge in [-0.05, 0) is 12.8 Å². The minimum Gasteiger partial charge on any atom is -0.461 e. The van der Waals surface area contributed by atoms with E-state index < -0.39 is 11.9 Å². The number of carbonyl (C=O) groups excluding carboxylic acids is 2. The van der Waals surface area contributed by atoms with Crippen LogP contribution in [0, 0.1) is 0 Å². The predicted molar refractivity (Wildman–Crippen MR) is 137 cm³/mol. The maximum atomic E-state index is 12.3. The lowest BCUT2D eigenvalue weighted by molar-refractivity contribution is 0.0474. The number of ether oxygens (including phenoxy) is 2. The van der Waals surface area contributed by atoms with E-state index in [9.17, 15) is 9.59 Å². The van der Waals surface area contributed by atoms with Crippen molar-refractivity contribution < 1.29 is 19.1 Å². The lowest BCUT2D eigenvalue weighted by Crippen LogP contribution is -2.19. The van der Waals surface area contributed by atoms with Crippen molar-refractivity contribution in [2.75, 3.05) is 24.7 Å². The largest absolute Gasteiger partial charge is 0.461 e. The molecule has 8 heteroatoms. The van der Waals surface area contributed by atoms with Crippen LogP contribution in [-0.4, -0.2) is 35.1 Å². The maximum Gasteiger partial charge on any atom is 0.360 e. The van der Waals surface area contributed by atoms with Crippen molar-refractivity contribution in [2.24, 2.45) is 0 Å². The summed E-state index contributed by atoms with van der Waals surface area (Å²) in [5, 5.41) is 0. The smallest absolute Gasteiger partial charge is 0.360 e. The molecule has 0 spiro atoms. The molecule has 0 bridgehead atoms. The molecule has 0 amide bonds. The van der Waals surface area contributed by atoms with Gasteiger partial charge in [0.15, 0.2) is 23.0 Å². The number of hydrogen-bond donors (Lipinski definition) is 2. The number of esters is 2. The summed E-state index contributed by atoms with van der Waals surface area (Å²) >= 11 is 0. The van der Waals surface area contributed by atoms with Crippen molar-refractivity contribution in [1.29, 1.82) is 0 Å². The number of aromatic nitrogens is 2. The van der Waals surface area contributed by atoms with E-state index in [0.717, 1.165) is 38.5 Å². The molecule has 0 unspecified atom stereocenters. The van der Waals surface area contributed by atoms with Crippen LogP contribution in [0.4, 0.5) is 11.6 Å². The summed E-state index contributed by atoms with van der Waals surface area (Å²) in [6, 6.07) is 0. The summed E-state index contributed by atoms with van der Waals surface area (Å²) in [5.41, 5.74) is 11.4. The zero-order valence-corrected chi connectivity index (χ0v) is 21.4. The van der Waals surface area contributed by atoms with Crippen LogP contribution in [-0.2, 0) is 9.47 Å². The molecule has 8 nitrogen and oxygen atoms in total. The van der Waals surface area contributed by atoms with Crippen LogP contribution < -0.4 is 11.5 Å². The van der Waals surface area contributed by atoms with Crippen molar-refractivity contribution in [3.05, 3.63) is 11.4 Å². The van der Waals surface area contributed by atoms with E-state index >= 15 is 0 Å². The van der Waals surface area contributed by atoms with E-state index in [2.05, 4.69) is 23.8 Å². The number of rotatable bonds is 20. The van der Waals surface area contributed by atoms with Crippen molar-refractivity contribution in [1.82, 2.24) is 9.97 Å². The summed E-state index contributed by atoms with van der Waals surface area (Å²) in [7, 11) is 0. The van der Waals surface area contributed by atoms with Gasteiger partial charge in [-0.1, -0.05) is 104 Å². The van der Waals surface area contributed by atoms with Gasteiger partial charge in [0.05, 0.1) is 13.2 Å². The molecule has 1 aromatic heterocycles. The molecule has 1 heterocycles. The Kier molecular flexibility index (Phi) is 16.6. The number of nitrogens with zero attached hydrogens (tertiary/aromatic N) is 2. The van der Waals surface area contributed by atoms with Gasteiger partial charge in [0.25, 0.3) is 0 Å². The van der Waals surface area contributed by atoms with Crippen molar-refractivity contribution in [3.8, 4) is 0 Å². The fraction of sp³-hybridized carbons (Fsp3) is 0.769. The molecule has 1 rings (SSSR count). The second-order valence-electron chi connectivity index (χ2n) is 8.91. The van der Waals surface area contributed by atoms with Gasteiger partial charge in [-0.15, -0.1) is 0 Å². The second-order valence-corrected chi connectivity index (χ2v) is 8.91. The first-order chi connectivity index (χ1) is 16.5. The minimum absolute atomic E-state index is 0.170. The van der Waals surface area contributed by atoms with Crippen molar-refractivity contribution in [3.63, 3.8) is 0 Å². The molecular formula is C26H46N4O4. The third kappa shape index (κ3) is 12.8. The summed E-state index contributed by atoms with van der Waals surface area (Å²) in [5.74, 6) is -1.74. The lowest BCUT2D eigenvalue weighted by Gasteiger charge is -2.10. The van der Waals surface area contributed by atoms with Crippen LogP contribution in [0.15, 0.2) is 0 Å². The Bertz CT molecular complexity index is 653. The van der Waals surface area contributed by atoms with Crippen LogP contribution in [0.3, 0.4) is 0 Å². The zero-order valence-electron chi connectivity index (χ0n) is 21.4. The molecule has 0 aliphatic rings. The highest BCUT2D eigenvalue weighted by Crippen LogP contribution is 2.16. The van der Waals surface area contributed by atoms with Gasteiger partial charge in [-0.25, -0.2) is 19.6 Å². The molecular weight excluding hydrogens is 432 g/mol. The monoisotopic (exact) mass is 478 g/mol. The van der Waals surface area contributed by atoms with E-state index in [4.69, 9.17) is 20.9 Å². The first-order valence-corrected chi connectivity index (χ1v) is 13.3. The third-order valence-electron chi connectivity index (χ3n) is 5.80. The van der Waals surface area contributed by atoms with Gasteiger partial charge >= 0.3 is 11.9 Å². The maximum absolute atomic E-state index is 12.3. The van der Waals surface area contributed by atoms with Crippen LogP contribution in [0.25, 0.3) is 0 Å². The second kappa shape index (κ2) is 19.0. The van der Waals surface area contributed by atoms with Gasteiger partial charge in [0.2, 0.25) is 0 Å². The Hall–Kier alpha value is -2.38. The van der Waals surface area contributed by atoms with E-state index in [1.54, 1.807) is 0 Å². The highest BCUT2D eigenvalue weighted by Gasteiger charge is 2.22. The summed E-state index contributed by atoms with van der Waals surface area (Å²) in [6.07, 6.45) is 18.4. The number of carbonyl (C=O) groups is 2. The molecule has 0 saturated heterocycles. The Morgan fingerprint density at radius 3 is 1.18 bits per heavy atom. The molecule has 194 valence electrons. The topological polar surface area (TPSA) is 130 Å². The lowest BCUT2D eigenvalue weighted by atomic mass is 10.1. The van der Waals surface area contributed by atoms with Crippen molar-refractivity contribution >= 4 is 23.6 Å². The Balaban J connectivity index is 2.31. The first-order valence-electron chi connectivity index (χ1n) is 13.3. The fourth-order valence-electron chi connectivity index (χ4n) is 3.70. The van der Waals surface area contributed by atoms with E-state index in [-0.39, 0.29) is 36.2 Å². The van der Waals surface area contributed by atoms with Crippen LogP contribution in [0.1, 0.15) is 138 Å². The predicted octanol–water partition coefficient (Wildman–Crippen LogP) is 6.24. The fourth-order valence-corrected chi connectivity index (χ4v) is 3.70. The SMILES string of the molecule is CCCCCCCCCCOC(=O)c1nc(N)c(C(=O)OCCCCCCCCCC)nc1N. The van der Waals surface area contributed by atoms with E-state index in [1.165, 1.54) is 64.2 Å². The minimum atomic E-state index is -0.682. The molecule has 1 aromatic rings. The zero-order chi connectivity index (χ0) is 25.0. The van der Waals surface area contributed by atoms with Crippen LogP contribution in [0.5, 0.6) is 0 Å². The normalized spacial score (nSPS) is 10.9. The Labute approximate surface area is 205 Å². The van der Waals surface area contributed by atoms with Crippen LogP contribution in [0.2, 0.25) is 0 Å². The third-order valence-corrected chi connectivity index (χ3v) is 5.80. The highest BCUT2D eigenvalue weighted by molar-refractivity contribution is 5.96. The van der Waals surface area contributed by atoms with E-state index in [0.29, 0.717) is 0 Å². The number of nitrogen functional groups attached to an aromatic ring is 2. The van der Waals surface area contributed by atoms with Gasteiger partial charge in [-0.2, -0.15) is 0 Å². The molecule has 0 aromatic carbocycles. The first kappa shape index (κ1) is 29.7. The number of hydrogen-bond acceptors (Lipinski definition) is 8. The standard InChI is InChI=1S/C26H46N4O4/c1-3-5-7-9-11-13-15-17-19-33-25(31)21-23(27)30-22(24(28)29-21)26(32)34-20-18-16-14-12-10-8-6-4-2/h3-20H2,1-2H3,(H2,28,29)(H2,27,30). The van der Waals surface area contributed by atoms with Gasteiger partial charge < -0.3 is 20.9 Å². The van der Waals surface area contributed by atoms with E-state index in [1.807, 2.05) is 0 Å². The molecule has 34 heavy (non-hydrogen) atoms. The Morgan fingerprint density at radius 1 is 0.559 bits per heavy atom. The van der Waals surface area contributed by atoms with Crippen LogP contribution >= 0.6 is 0 Å². The summed E-state index contributed by atoms with van der Waals surface area (Å²) in [4.78, 5) is 32.5. The van der Waals surface area contributed by atoms with Gasteiger partial charge in [0.1, 0.15) is 0 Å². The molecule has 0 radical (unpaired) electrons. The number of anilines is 2. The number of unbranched alkanes of at least 4 members (excludes halogenated alkanes) is 14. The van der Waals surface area contributed by atoms with Gasteiger partial charge in [-0.3, -0.25) is 0 Å². The summed E-state index contributed by atoms with van der Waals surface area (Å²) < 4.78 is 10.5. The molecule has 0 saturated carbocycles. The Morgan fingerprint density at radius 2 is 0.853 bits per heavy atom. The average molecular weight is 479 g/mol. The molecule has 0 aliphatic heterocycles. The average Bonchev–Trinajstić information content (AvgIpc) is 2.82. The quantitative estimate of drug-likeness (QED) is 0.166. The molecule has 0 fully saturated rings. The molecule has 0 atom stereocenters. The van der Waals surface area contributed by atoms with Gasteiger partial charge in [0, 0.05) is 0 Å². The number of nitrogens with two attached hydrogens (primary N) is 2. The summed E-state index contributed by atoms with van der Waals surface area (Å²) in [6.45, 7) is 4.99. The molecule has 4 N–H and O–H groups in total. The highest BCUT2D eigenvalue weighted by atomic mass is 16.5.